The zero-order chi connectivity index (χ0) is 16.0. The van der Waals surface area contributed by atoms with Gasteiger partial charge >= 0.3 is 5.97 Å². The molecule has 21 heavy (non-hydrogen) atoms. The average Bonchev–Trinajstić information content (AvgIpc) is 2.50. The molecule has 0 aliphatic carbocycles. The standard InChI is InChI=1S/C16H25NO4/c1-11(2)10-17-16(3,15(18)21-6)13-8-7-12(19-4)9-14(13)20-5/h7-9,11,17H,10H2,1-6H3. The van der Waals surface area contributed by atoms with E-state index in [2.05, 4.69) is 19.2 Å². The van der Waals surface area contributed by atoms with Crippen LogP contribution in [0.5, 0.6) is 11.5 Å². The summed E-state index contributed by atoms with van der Waals surface area (Å²) in [6.07, 6.45) is 0. The molecule has 1 rings (SSSR count). The Morgan fingerprint density at radius 3 is 2.38 bits per heavy atom. The smallest absolute Gasteiger partial charge is 0.330 e. The molecule has 1 aromatic carbocycles. The first-order valence-electron chi connectivity index (χ1n) is 6.95. The minimum Gasteiger partial charge on any atom is -0.497 e. The number of benzene rings is 1. The third-order valence-corrected chi connectivity index (χ3v) is 3.40. The van der Waals surface area contributed by atoms with Gasteiger partial charge in [0.25, 0.3) is 0 Å². The highest BCUT2D eigenvalue weighted by atomic mass is 16.5. The number of ether oxygens (including phenoxy) is 3. The fourth-order valence-corrected chi connectivity index (χ4v) is 2.10. The fraction of sp³-hybridized carbons (Fsp3) is 0.562. The third-order valence-electron chi connectivity index (χ3n) is 3.40. The van der Waals surface area contributed by atoms with Crippen molar-refractivity contribution in [2.75, 3.05) is 27.9 Å². The van der Waals surface area contributed by atoms with Crippen LogP contribution in [-0.2, 0) is 15.1 Å². The summed E-state index contributed by atoms with van der Waals surface area (Å²) in [6.45, 7) is 6.64. The van der Waals surface area contributed by atoms with E-state index in [4.69, 9.17) is 14.2 Å². The molecule has 0 radical (unpaired) electrons. The maximum atomic E-state index is 12.3. The van der Waals surface area contributed by atoms with E-state index in [-0.39, 0.29) is 5.97 Å². The Morgan fingerprint density at radius 2 is 1.90 bits per heavy atom. The lowest BCUT2D eigenvalue weighted by Crippen LogP contribution is -2.48. The molecular formula is C16H25NO4. The largest absolute Gasteiger partial charge is 0.497 e. The number of nitrogens with one attached hydrogen (secondary N) is 1. The molecule has 0 amide bonds. The molecule has 5 nitrogen and oxygen atoms in total. The molecule has 0 heterocycles. The van der Waals surface area contributed by atoms with Crippen molar-refractivity contribution in [2.24, 2.45) is 5.92 Å². The number of rotatable bonds is 7. The van der Waals surface area contributed by atoms with E-state index in [0.717, 1.165) is 5.56 Å². The minimum atomic E-state index is -0.976. The van der Waals surface area contributed by atoms with Crippen molar-refractivity contribution in [3.63, 3.8) is 0 Å². The molecule has 0 aliphatic heterocycles. The summed E-state index contributed by atoms with van der Waals surface area (Å²) < 4.78 is 15.6. The number of carbonyl (C=O) groups excluding carboxylic acids is 1. The van der Waals surface area contributed by atoms with Crippen LogP contribution >= 0.6 is 0 Å². The van der Waals surface area contributed by atoms with Crippen molar-refractivity contribution in [3.8, 4) is 11.5 Å². The molecular weight excluding hydrogens is 270 g/mol. The second-order valence-electron chi connectivity index (χ2n) is 5.46. The molecule has 1 aromatic rings. The normalized spacial score (nSPS) is 13.7. The fourth-order valence-electron chi connectivity index (χ4n) is 2.10. The van der Waals surface area contributed by atoms with Crippen LogP contribution in [-0.4, -0.2) is 33.8 Å². The van der Waals surface area contributed by atoms with Crippen LogP contribution in [0.1, 0.15) is 26.3 Å². The van der Waals surface area contributed by atoms with Gasteiger partial charge in [-0.05, 0) is 31.5 Å². The molecule has 1 N–H and O–H groups in total. The van der Waals surface area contributed by atoms with Crippen molar-refractivity contribution in [1.29, 1.82) is 0 Å². The van der Waals surface area contributed by atoms with Gasteiger partial charge in [0.15, 0.2) is 0 Å². The van der Waals surface area contributed by atoms with Crippen LogP contribution in [0.4, 0.5) is 0 Å². The summed E-state index contributed by atoms with van der Waals surface area (Å²) in [5.41, 5.74) is -0.255. The van der Waals surface area contributed by atoms with Crippen molar-refractivity contribution >= 4 is 5.97 Å². The molecule has 1 atom stereocenters. The molecule has 118 valence electrons. The third kappa shape index (κ3) is 3.88. The van der Waals surface area contributed by atoms with Gasteiger partial charge in [-0.15, -0.1) is 0 Å². The maximum absolute atomic E-state index is 12.3. The van der Waals surface area contributed by atoms with Crippen molar-refractivity contribution in [3.05, 3.63) is 23.8 Å². The van der Waals surface area contributed by atoms with Gasteiger partial charge in [-0.3, -0.25) is 5.32 Å². The summed E-state index contributed by atoms with van der Waals surface area (Å²) >= 11 is 0. The van der Waals surface area contributed by atoms with Gasteiger partial charge in [-0.2, -0.15) is 0 Å². The molecule has 5 heteroatoms. The first-order valence-corrected chi connectivity index (χ1v) is 6.95. The van der Waals surface area contributed by atoms with Gasteiger partial charge in [-0.25, -0.2) is 4.79 Å². The predicted molar refractivity (Wildman–Crippen MR) is 81.8 cm³/mol. The zero-order valence-electron chi connectivity index (χ0n) is 13.6. The first kappa shape index (κ1) is 17.3. The van der Waals surface area contributed by atoms with Crippen molar-refractivity contribution in [2.45, 2.75) is 26.3 Å². The Morgan fingerprint density at radius 1 is 1.24 bits per heavy atom. The number of methoxy groups -OCH3 is 3. The predicted octanol–water partition coefficient (Wildman–Crippen LogP) is 2.34. The topological polar surface area (TPSA) is 56.8 Å². The van der Waals surface area contributed by atoms with E-state index < -0.39 is 5.54 Å². The monoisotopic (exact) mass is 295 g/mol. The van der Waals surface area contributed by atoms with Gasteiger partial charge < -0.3 is 14.2 Å². The van der Waals surface area contributed by atoms with Crippen LogP contribution in [0.25, 0.3) is 0 Å². The minimum absolute atomic E-state index is 0.355. The second kappa shape index (κ2) is 7.31. The highest BCUT2D eigenvalue weighted by Gasteiger charge is 2.38. The first-order chi connectivity index (χ1) is 9.88. The number of hydrogen-bond acceptors (Lipinski definition) is 5. The Kier molecular flexibility index (Phi) is 6.03. The highest BCUT2D eigenvalue weighted by Crippen LogP contribution is 2.34. The number of carbonyl (C=O) groups is 1. The summed E-state index contributed by atoms with van der Waals surface area (Å²) in [4.78, 5) is 12.3. The molecule has 0 bridgehead atoms. The van der Waals surface area contributed by atoms with E-state index in [1.165, 1.54) is 7.11 Å². The van der Waals surface area contributed by atoms with Crippen LogP contribution in [0, 0.1) is 5.92 Å². The molecule has 0 aromatic heterocycles. The van der Waals surface area contributed by atoms with Crippen LogP contribution in [0.2, 0.25) is 0 Å². The molecule has 0 aliphatic rings. The lowest BCUT2D eigenvalue weighted by atomic mass is 9.90. The maximum Gasteiger partial charge on any atom is 0.330 e. The Balaban J connectivity index is 3.28. The lowest BCUT2D eigenvalue weighted by Gasteiger charge is -2.30. The van der Waals surface area contributed by atoms with Crippen molar-refractivity contribution in [1.82, 2.24) is 5.32 Å². The summed E-state index contributed by atoms with van der Waals surface area (Å²) in [7, 11) is 4.54. The van der Waals surface area contributed by atoms with Crippen LogP contribution in [0.3, 0.4) is 0 Å². The van der Waals surface area contributed by atoms with Gasteiger partial charge in [-0.1, -0.05) is 13.8 Å². The highest BCUT2D eigenvalue weighted by molar-refractivity contribution is 5.83. The van der Waals surface area contributed by atoms with E-state index >= 15 is 0 Å². The number of hydrogen-bond donors (Lipinski definition) is 1. The summed E-state index contributed by atoms with van der Waals surface area (Å²) in [5, 5.41) is 3.28. The quantitative estimate of drug-likeness (QED) is 0.782. The molecule has 0 saturated heterocycles. The van der Waals surface area contributed by atoms with Gasteiger partial charge in [0, 0.05) is 11.6 Å². The summed E-state index contributed by atoms with van der Waals surface area (Å²) in [6, 6.07) is 5.38. The van der Waals surface area contributed by atoms with E-state index in [1.807, 2.05) is 6.07 Å². The van der Waals surface area contributed by atoms with E-state index in [9.17, 15) is 4.79 Å². The Labute approximate surface area is 126 Å². The van der Waals surface area contributed by atoms with Crippen LogP contribution < -0.4 is 14.8 Å². The van der Waals surface area contributed by atoms with Crippen molar-refractivity contribution < 1.29 is 19.0 Å². The molecule has 0 saturated carbocycles. The molecule has 1 unspecified atom stereocenters. The van der Waals surface area contributed by atoms with Gasteiger partial charge in [0.05, 0.1) is 21.3 Å². The second-order valence-corrected chi connectivity index (χ2v) is 5.46. The molecule has 0 spiro atoms. The number of esters is 1. The SMILES string of the molecule is COC(=O)C(C)(NCC(C)C)c1ccc(OC)cc1OC. The Bertz CT molecular complexity index is 487. The van der Waals surface area contributed by atoms with Gasteiger partial charge in [0.1, 0.15) is 17.0 Å². The summed E-state index contributed by atoms with van der Waals surface area (Å²) in [5.74, 6) is 1.30. The lowest BCUT2D eigenvalue weighted by molar-refractivity contribution is -0.148. The Hall–Kier alpha value is -1.75. The van der Waals surface area contributed by atoms with Gasteiger partial charge in [0.2, 0.25) is 0 Å². The zero-order valence-corrected chi connectivity index (χ0v) is 13.6. The van der Waals surface area contributed by atoms with E-state index in [0.29, 0.717) is 24.0 Å². The van der Waals surface area contributed by atoms with Crippen LogP contribution in [0.15, 0.2) is 18.2 Å². The van der Waals surface area contributed by atoms with E-state index in [1.54, 1.807) is 33.3 Å². The molecule has 0 fully saturated rings. The average molecular weight is 295 g/mol.